The minimum Gasteiger partial charge on any atom is -0.378 e. The van der Waals surface area contributed by atoms with E-state index in [0.717, 1.165) is 11.3 Å². The zero-order valence-corrected chi connectivity index (χ0v) is 20.4. The monoisotopic (exact) mass is 480 g/mol. The molecule has 0 N–H and O–H groups in total. The topological polar surface area (TPSA) is 84.7 Å². The van der Waals surface area contributed by atoms with Crippen LogP contribution in [0.25, 0.3) is 16.9 Å². The second-order valence-corrected chi connectivity index (χ2v) is 10.9. The molecule has 1 amide bonds. The Kier molecular flexibility index (Phi) is 5.79. The number of aromatic nitrogens is 2. The van der Waals surface area contributed by atoms with E-state index in [1.165, 1.54) is 0 Å². The summed E-state index contributed by atoms with van der Waals surface area (Å²) in [7, 11) is 0.469. The second-order valence-electron chi connectivity index (χ2n) is 8.98. The van der Waals surface area contributed by atoms with Crippen molar-refractivity contribution in [2.24, 2.45) is 0 Å². The van der Waals surface area contributed by atoms with Crippen LogP contribution in [0, 0.1) is 0 Å². The molecule has 1 aromatic heterocycles. The van der Waals surface area contributed by atoms with Crippen LogP contribution in [0.1, 0.15) is 34.6 Å². The Hall–Kier alpha value is -3.01. The molecular formula is C25H28N4O4S. The third-order valence-electron chi connectivity index (χ3n) is 6.69. The van der Waals surface area contributed by atoms with Crippen molar-refractivity contribution in [1.82, 2.24) is 19.6 Å². The molecule has 2 aliphatic rings. The van der Waals surface area contributed by atoms with Gasteiger partial charge in [-0.2, -0.15) is 5.10 Å². The average Bonchev–Trinajstić information content (AvgIpc) is 3.22. The number of sulfone groups is 1. The van der Waals surface area contributed by atoms with Crippen molar-refractivity contribution in [2.75, 3.05) is 40.4 Å². The molecule has 178 valence electrons. The highest BCUT2D eigenvalue weighted by atomic mass is 32.2. The van der Waals surface area contributed by atoms with E-state index < -0.39 is 9.84 Å². The summed E-state index contributed by atoms with van der Waals surface area (Å²) in [4.78, 5) is 17.5. The number of morpholine rings is 1. The first-order valence-corrected chi connectivity index (χ1v) is 13.0. The largest absolute Gasteiger partial charge is 0.378 e. The number of hydrogen-bond acceptors (Lipinski definition) is 6. The van der Waals surface area contributed by atoms with Crippen LogP contribution in [-0.4, -0.2) is 74.3 Å². The molecule has 5 rings (SSSR count). The fraction of sp³-hybridized carbons (Fsp3) is 0.360. The lowest BCUT2D eigenvalue weighted by atomic mass is 10.0. The lowest BCUT2D eigenvalue weighted by Crippen LogP contribution is -2.41. The second kappa shape index (κ2) is 8.65. The van der Waals surface area contributed by atoms with Gasteiger partial charge in [-0.15, -0.1) is 0 Å². The Labute approximate surface area is 199 Å². The van der Waals surface area contributed by atoms with Gasteiger partial charge in [0.05, 0.1) is 35.2 Å². The van der Waals surface area contributed by atoms with Gasteiger partial charge in [-0.05, 0) is 44.8 Å². The van der Waals surface area contributed by atoms with Crippen molar-refractivity contribution in [3.8, 4) is 16.9 Å². The molecule has 0 bridgehead atoms. The fourth-order valence-corrected chi connectivity index (χ4v) is 6.13. The summed E-state index contributed by atoms with van der Waals surface area (Å²) >= 11 is 0. The van der Waals surface area contributed by atoms with Gasteiger partial charge < -0.3 is 14.5 Å². The Morgan fingerprint density at radius 3 is 2.41 bits per heavy atom. The molecule has 0 saturated carbocycles. The zero-order chi connectivity index (χ0) is 24.0. The van der Waals surface area contributed by atoms with Crippen molar-refractivity contribution in [1.29, 1.82) is 0 Å². The normalized spacial score (nSPS) is 17.8. The maximum atomic E-state index is 13.5. The Morgan fingerprint density at radius 2 is 1.74 bits per heavy atom. The van der Waals surface area contributed by atoms with Gasteiger partial charge in [-0.1, -0.05) is 30.3 Å². The molecule has 0 spiro atoms. The van der Waals surface area contributed by atoms with Crippen molar-refractivity contribution in [2.45, 2.75) is 23.6 Å². The van der Waals surface area contributed by atoms with E-state index in [9.17, 15) is 13.2 Å². The van der Waals surface area contributed by atoms with Gasteiger partial charge in [-0.3, -0.25) is 4.79 Å². The highest BCUT2D eigenvalue weighted by Crippen LogP contribution is 2.41. The van der Waals surface area contributed by atoms with Crippen LogP contribution in [0.3, 0.4) is 0 Å². The lowest BCUT2D eigenvalue weighted by Gasteiger charge is -2.26. The van der Waals surface area contributed by atoms with E-state index in [0.29, 0.717) is 43.1 Å². The van der Waals surface area contributed by atoms with Crippen LogP contribution in [-0.2, 0) is 20.3 Å². The van der Waals surface area contributed by atoms with Crippen molar-refractivity contribution in [3.63, 3.8) is 0 Å². The molecule has 9 heteroatoms. The lowest BCUT2D eigenvalue weighted by molar-refractivity contribution is 0.0298. The standard InChI is InChI=1S/C25H28N4O4S/c1-17(27(2)3)18-8-10-19(11-9-18)29-24-20-6-4-5-7-22(20)34(31,32)16-21(24)23(26-29)25(30)28-12-14-33-15-13-28/h4-11,17H,12-16H2,1-3H3. The molecule has 3 heterocycles. The molecule has 1 saturated heterocycles. The van der Waals surface area contributed by atoms with E-state index in [1.54, 1.807) is 27.8 Å². The van der Waals surface area contributed by atoms with E-state index >= 15 is 0 Å². The number of hydrogen-bond donors (Lipinski definition) is 0. The van der Waals surface area contributed by atoms with E-state index in [2.05, 4.69) is 11.8 Å². The Bertz CT molecular complexity index is 1340. The Morgan fingerprint density at radius 1 is 1.06 bits per heavy atom. The first kappa shape index (κ1) is 22.8. The smallest absolute Gasteiger partial charge is 0.274 e. The Balaban J connectivity index is 1.68. The van der Waals surface area contributed by atoms with Gasteiger partial charge in [-0.25, -0.2) is 13.1 Å². The molecule has 8 nitrogen and oxygen atoms in total. The summed E-state index contributed by atoms with van der Waals surface area (Å²) < 4.78 is 33.4. The van der Waals surface area contributed by atoms with Gasteiger partial charge in [0.1, 0.15) is 0 Å². The van der Waals surface area contributed by atoms with E-state index in [-0.39, 0.29) is 28.3 Å². The zero-order valence-electron chi connectivity index (χ0n) is 19.6. The summed E-state index contributed by atoms with van der Waals surface area (Å²) in [6, 6.07) is 15.2. The van der Waals surface area contributed by atoms with Crippen LogP contribution in [0.15, 0.2) is 53.4 Å². The highest BCUT2D eigenvalue weighted by Gasteiger charge is 2.37. The number of fused-ring (bicyclic) bond motifs is 3. The number of nitrogens with zero attached hydrogens (tertiary/aromatic N) is 4. The number of benzene rings is 2. The third kappa shape index (κ3) is 3.83. The van der Waals surface area contributed by atoms with Crippen LogP contribution in [0.5, 0.6) is 0 Å². The molecule has 34 heavy (non-hydrogen) atoms. The van der Waals surface area contributed by atoms with Gasteiger partial charge in [0.15, 0.2) is 15.5 Å². The number of ether oxygens (including phenoxy) is 1. The highest BCUT2D eigenvalue weighted by molar-refractivity contribution is 7.90. The quantitative estimate of drug-likeness (QED) is 0.571. The molecule has 1 atom stereocenters. The maximum Gasteiger partial charge on any atom is 0.274 e. The molecular weight excluding hydrogens is 452 g/mol. The fourth-order valence-electron chi connectivity index (χ4n) is 4.53. The first-order valence-electron chi connectivity index (χ1n) is 11.4. The van der Waals surface area contributed by atoms with Gasteiger partial charge >= 0.3 is 0 Å². The molecule has 2 aliphatic heterocycles. The molecule has 3 aromatic rings. The molecule has 2 aromatic carbocycles. The number of carbonyl (C=O) groups is 1. The molecule has 1 fully saturated rings. The number of carbonyl (C=O) groups excluding carboxylic acids is 1. The third-order valence-corrected chi connectivity index (χ3v) is 8.39. The van der Waals surface area contributed by atoms with Crippen LogP contribution >= 0.6 is 0 Å². The summed E-state index contributed by atoms with van der Waals surface area (Å²) in [5, 5.41) is 4.72. The van der Waals surface area contributed by atoms with Crippen LogP contribution in [0.2, 0.25) is 0 Å². The van der Waals surface area contributed by atoms with Crippen LogP contribution < -0.4 is 0 Å². The summed E-state index contributed by atoms with van der Waals surface area (Å²) in [6.45, 7) is 3.97. The first-order chi connectivity index (χ1) is 16.3. The summed E-state index contributed by atoms with van der Waals surface area (Å²) in [6.07, 6.45) is 0. The van der Waals surface area contributed by atoms with Gasteiger partial charge in [0, 0.05) is 30.3 Å². The number of rotatable bonds is 4. The van der Waals surface area contributed by atoms with Gasteiger partial charge in [0.25, 0.3) is 5.91 Å². The average molecular weight is 481 g/mol. The minimum atomic E-state index is -3.59. The molecule has 0 radical (unpaired) electrons. The van der Waals surface area contributed by atoms with Crippen molar-refractivity contribution in [3.05, 3.63) is 65.4 Å². The van der Waals surface area contributed by atoms with Crippen LogP contribution in [0.4, 0.5) is 0 Å². The van der Waals surface area contributed by atoms with E-state index in [4.69, 9.17) is 9.84 Å². The SMILES string of the molecule is CC(c1ccc(-n2nc(C(=O)N3CCOCC3)c3c2-c2ccccc2S(=O)(=O)C3)cc1)N(C)C. The summed E-state index contributed by atoms with van der Waals surface area (Å²) in [5.74, 6) is -0.508. The predicted octanol–water partition coefficient (Wildman–Crippen LogP) is 2.92. The maximum absolute atomic E-state index is 13.5. The summed E-state index contributed by atoms with van der Waals surface area (Å²) in [5.41, 5.74) is 3.82. The number of amides is 1. The van der Waals surface area contributed by atoms with Crippen molar-refractivity contribution >= 4 is 15.7 Å². The van der Waals surface area contributed by atoms with E-state index in [1.807, 2.05) is 44.4 Å². The van der Waals surface area contributed by atoms with Crippen molar-refractivity contribution < 1.29 is 17.9 Å². The minimum absolute atomic E-state index is 0.195. The predicted molar refractivity (Wildman–Crippen MR) is 129 cm³/mol. The van der Waals surface area contributed by atoms with Gasteiger partial charge in [0.2, 0.25) is 0 Å². The molecule has 0 aliphatic carbocycles. The molecule has 1 unspecified atom stereocenters.